The number of hydrogen-bond donors (Lipinski definition) is 1. The summed E-state index contributed by atoms with van der Waals surface area (Å²) in [7, 11) is 0. The van der Waals surface area contributed by atoms with E-state index < -0.39 is 0 Å². The number of thiophene rings is 1. The summed E-state index contributed by atoms with van der Waals surface area (Å²) in [5, 5.41) is 5.70. The van der Waals surface area contributed by atoms with Gasteiger partial charge < -0.3 is 5.32 Å². The van der Waals surface area contributed by atoms with Crippen molar-refractivity contribution >= 4 is 27.3 Å². The normalized spacial score (nSPS) is 13.0. The largest absolute Gasteiger partial charge is 0.309 e. The zero-order valence-corrected chi connectivity index (χ0v) is 12.0. The molecule has 86 valence electrons. The smallest absolute Gasteiger partial charge is 0.0386 e. The van der Waals surface area contributed by atoms with Crippen molar-refractivity contribution in [2.24, 2.45) is 0 Å². The zero-order chi connectivity index (χ0) is 11.1. The topological polar surface area (TPSA) is 12.0 Å². The fourth-order valence-electron chi connectivity index (χ4n) is 1.53. The van der Waals surface area contributed by atoms with E-state index in [0.717, 1.165) is 6.54 Å². The van der Waals surface area contributed by atoms with Crippen molar-refractivity contribution in [1.29, 1.82) is 0 Å². The molecule has 0 aromatic carbocycles. The second-order valence-electron chi connectivity index (χ2n) is 3.90. The first-order valence-corrected chi connectivity index (χ1v) is 7.38. The van der Waals surface area contributed by atoms with E-state index in [0.29, 0.717) is 6.04 Å². The van der Waals surface area contributed by atoms with Crippen LogP contribution in [0.1, 0.15) is 50.4 Å². The van der Waals surface area contributed by atoms with Crippen LogP contribution in [0.3, 0.4) is 0 Å². The Balaban J connectivity index is 2.16. The van der Waals surface area contributed by atoms with Gasteiger partial charge in [0.15, 0.2) is 0 Å². The lowest BCUT2D eigenvalue weighted by Crippen LogP contribution is -2.18. The highest BCUT2D eigenvalue weighted by Crippen LogP contribution is 2.25. The minimum Gasteiger partial charge on any atom is -0.309 e. The van der Waals surface area contributed by atoms with Gasteiger partial charge in [0, 0.05) is 20.8 Å². The molecule has 1 aromatic heterocycles. The molecule has 0 saturated carbocycles. The second-order valence-corrected chi connectivity index (χ2v) is 5.76. The van der Waals surface area contributed by atoms with Gasteiger partial charge in [-0.3, -0.25) is 0 Å². The Morgan fingerprint density at radius 1 is 1.40 bits per heavy atom. The summed E-state index contributed by atoms with van der Waals surface area (Å²) in [6, 6.07) is 2.69. The molecule has 0 amide bonds. The fraction of sp³-hybridized carbons (Fsp3) is 0.667. The average Bonchev–Trinajstić information content (AvgIpc) is 2.64. The molecule has 0 spiro atoms. The van der Waals surface area contributed by atoms with Crippen LogP contribution >= 0.6 is 27.3 Å². The van der Waals surface area contributed by atoms with Crippen molar-refractivity contribution < 1.29 is 0 Å². The molecule has 15 heavy (non-hydrogen) atoms. The van der Waals surface area contributed by atoms with Crippen molar-refractivity contribution in [3.63, 3.8) is 0 Å². The van der Waals surface area contributed by atoms with Crippen LogP contribution in [-0.2, 0) is 0 Å². The monoisotopic (exact) mass is 289 g/mol. The number of unbranched alkanes of at least 4 members (excludes halogenated alkanes) is 3. The summed E-state index contributed by atoms with van der Waals surface area (Å²) >= 11 is 5.30. The van der Waals surface area contributed by atoms with Gasteiger partial charge in [-0.15, -0.1) is 11.3 Å². The fourth-order valence-corrected chi connectivity index (χ4v) is 3.00. The Bertz CT molecular complexity index is 272. The highest BCUT2D eigenvalue weighted by atomic mass is 79.9. The highest BCUT2D eigenvalue weighted by Gasteiger charge is 2.06. The molecule has 1 unspecified atom stereocenters. The van der Waals surface area contributed by atoms with E-state index in [-0.39, 0.29) is 0 Å². The maximum Gasteiger partial charge on any atom is 0.0386 e. The van der Waals surface area contributed by atoms with E-state index in [1.54, 1.807) is 0 Å². The van der Waals surface area contributed by atoms with E-state index in [2.05, 4.69) is 46.5 Å². The molecule has 1 nitrogen and oxygen atoms in total. The van der Waals surface area contributed by atoms with Gasteiger partial charge in [-0.25, -0.2) is 0 Å². The lowest BCUT2D eigenvalue weighted by atomic mass is 10.2. The molecule has 1 rings (SSSR count). The Morgan fingerprint density at radius 2 is 2.20 bits per heavy atom. The highest BCUT2D eigenvalue weighted by molar-refractivity contribution is 9.10. The lowest BCUT2D eigenvalue weighted by Gasteiger charge is -2.11. The molecule has 0 fully saturated rings. The Labute approximate surface area is 105 Å². The first kappa shape index (κ1) is 13.2. The quantitative estimate of drug-likeness (QED) is 0.715. The summed E-state index contributed by atoms with van der Waals surface area (Å²) in [6.07, 6.45) is 5.32. The molecule has 3 heteroatoms. The number of rotatable bonds is 7. The lowest BCUT2D eigenvalue weighted by molar-refractivity contribution is 0.541. The molecule has 0 saturated heterocycles. The van der Waals surface area contributed by atoms with Gasteiger partial charge in [0.05, 0.1) is 0 Å². The summed E-state index contributed by atoms with van der Waals surface area (Å²) in [5.74, 6) is 0. The van der Waals surface area contributed by atoms with Crippen molar-refractivity contribution in [2.45, 2.75) is 45.6 Å². The summed E-state index contributed by atoms with van der Waals surface area (Å²) in [4.78, 5) is 1.41. The molecule has 1 heterocycles. The first-order chi connectivity index (χ1) is 7.24. The molecule has 1 aromatic rings. The third-order valence-electron chi connectivity index (χ3n) is 2.50. The summed E-state index contributed by atoms with van der Waals surface area (Å²) in [5.41, 5.74) is 0. The van der Waals surface area contributed by atoms with Crippen LogP contribution in [0.15, 0.2) is 15.9 Å². The summed E-state index contributed by atoms with van der Waals surface area (Å²) in [6.45, 7) is 5.62. The number of nitrogens with one attached hydrogen (secondary N) is 1. The molecule has 0 aliphatic carbocycles. The van der Waals surface area contributed by atoms with Gasteiger partial charge >= 0.3 is 0 Å². The molecule has 1 N–H and O–H groups in total. The van der Waals surface area contributed by atoms with Crippen LogP contribution in [0.2, 0.25) is 0 Å². The van der Waals surface area contributed by atoms with Crippen molar-refractivity contribution in [3.05, 3.63) is 20.8 Å². The summed E-state index contributed by atoms with van der Waals surface area (Å²) < 4.78 is 1.20. The predicted molar refractivity (Wildman–Crippen MR) is 72.6 cm³/mol. The first-order valence-electron chi connectivity index (χ1n) is 5.71. The van der Waals surface area contributed by atoms with Crippen LogP contribution in [-0.4, -0.2) is 6.54 Å². The van der Waals surface area contributed by atoms with Gasteiger partial charge in [-0.05, 0) is 41.9 Å². The number of hydrogen-bond acceptors (Lipinski definition) is 2. The average molecular weight is 290 g/mol. The minimum absolute atomic E-state index is 0.489. The molecule has 0 radical (unpaired) electrons. The van der Waals surface area contributed by atoms with Crippen molar-refractivity contribution in [1.82, 2.24) is 5.32 Å². The molecule has 1 atom stereocenters. The van der Waals surface area contributed by atoms with Gasteiger partial charge in [0.2, 0.25) is 0 Å². The number of halogens is 1. The maximum absolute atomic E-state index is 3.56. The second kappa shape index (κ2) is 7.42. The van der Waals surface area contributed by atoms with Crippen LogP contribution in [0.5, 0.6) is 0 Å². The molecule has 0 aliphatic heterocycles. The third-order valence-corrected chi connectivity index (χ3v) is 4.37. The van der Waals surface area contributed by atoms with Crippen molar-refractivity contribution in [2.75, 3.05) is 6.54 Å². The van der Waals surface area contributed by atoms with Gasteiger partial charge in [0.25, 0.3) is 0 Å². The van der Waals surface area contributed by atoms with E-state index in [1.165, 1.54) is 35.0 Å². The molecular formula is C12H20BrNS. The van der Waals surface area contributed by atoms with Gasteiger partial charge in [-0.2, -0.15) is 0 Å². The minimum atomic E-state index is 0.489. The van der Waals surface area contributed by atoms with E-state index >= 15 is 0 Å². The SMILES string of the molecule is CCCCCCNC(C)c1cc(Br)cs1. The molecular weight excluding hydrogens is 270 g/mol. The van der Waals surface area contributed by atoms with Crippen LogP contribution in [0.25, 0.3) is 0 Å². The Kier molecular flexibility index (Phi) is 6.53. The molecule has 0 bridgehead atoms. The third kappa shape index (κ3) is 5.14. The zero-order valence-electron chi connectivity index (χ0n) is 9.55. The Hall–Kier alpha value is 0.140. The van der Waals surface area contributed by atoms with Crippen LogP contribution in [0.4, 0.5) is 0 Å². The van der Waals surface area contributed by atoms with Crippen LogP contribution < -0.4 is 5.32 Å². The van der Waals surface area contributed by atoms with Crippen molar-refractivity contribution in [3.8, 4) is 0 Å². The van der Waals surface area contributed by atoms with E-state index in [9.17, 15) is 0 Å². The van der Waals surface area contributed by atoms with Gasteiger partial charge in [0.1, 0.15) is 0 Å². The van der Waals surface area contributed by atoms with Gasteiger partial charge in [-0.1, -0.05) is 26.2 Å². The van der Waals surface area contributed by atoms with E-state index in [4.69, 9.17) is 0 Å². The Morgan fingerprint density at radius 3 is 2.80 bits per heavy atom. The molecule has 0 aliphatic rings. The maximum atomic E-state index is 3.56. The standard InChI is InChI=1S/C12H20BrNS/c1-3-4-5-6-7-14-10(2)12-8-11(13)9-15-12/h8-10,14H,3-7H2,1-2H3. The predicted octanol–water partition coefficient (Wildman–Crippen LogP) is 4.74. The van der Waals surface area contributed by atoms with Crippen LogP contribution in [0, 0.1) is 0 Å². The van der Waals surface area contributed by atoms with E-state index in [1.807, 2.05) is 11.3 Å².